The molecule has 5 heteroatoms. The fourth-order valence-electron chi connectivity index (χ4n) is 2.51. The number of benzene rings is 1. The molecule has 1 aromatic carbocycles. The molecule has 20 heavy (non-hydrogen) atoms. The molecule has 0 saturated carbocycles. The number of amides is 1. The third-order valence-corrected chi connectivity index (χ3v) is 4.70. The van der Waals surface area contributed by atoms with Gasteiger partial charge in [-0.05, 0) is 42.5 Å². The molecule has 110 valence electrons. The average Bonchev–Trinajstić information content (AvgIpc) is 2.81. The Morgan fingerprint density at radius 1 is 1.55 bits per heavy atom. The summed E-state index contributed by atoms with van der Waals surface area (Å²) in [7, 11) is 0. The first-order valence-electron chi connectivity index (χ1n) is 7.01. The predicted octanol–water partition coefficient (Wildman–Crippen LogP) is 3.30. The summed E-state index contributed by atoms with van der Waals surface area (Å²) in [6.07, 6.45) is 0.964. The van der Waals surface area contributed by atoms with E-state index >= 15 is 0 Å². The van der Waals surface area contributed by atoms with Crippen molar-refractivity contribution in [1.29, 1.82) is 0 Å². The maximum Gasteiger partial charge on any atom is 0.238 e. The summed E-state index contributed by atoms with van der Waals surface area (Å²) in [6.45, 7) is 4.69. The van der Waals surface area contributed by atoms with Crippen LogP contribution in [-0.4, -0.2) is 34.9 Å². The van der Waals surface area contributed by atoms with Gasteiger partial charge in [0.1, 0.15) is 6.17 Å². The Kier molecular flexibility index (Phi) is 5.75. The molecule has 0 aliphatic carbocycles. The monoisotopic (exact) mass is 312 g/mol. The van der Waals surface area contributed by atoms with E-state index in [-0.39, 0.29) is 18.1 Å². The molecule has 1 N–H and O–H groups in total. The van der Waals surface area contributed by atoms with Gasteiger partial charge >= 0.3 is 0 Å². The van der Waals surface area contributed by atoms with Gasteiger partial charge in [-0.15, -0.1) is 0 Å². The van der Waals surface area contributed by atoms with Gasteiger partial charge in [-0.25, -0.2) is 0 Å². The van der Waals surface area contributed by atoms with Crippen molar-refractivity contribution in [2.45, 2.75) is 32.5 Å². The molecule has 1 aliphatic heterocycles. The van der Waals surface area contributed by atoms with E-state index in [0.29, 0.717) is 11.6 Å². The van der Waals surface area contributed by atoms with Crippen molar-refractivity contribution in [2.24, 2.45) is 0 Å². The number of hydrogen-bond donors (Lipinski definition) is 1. The number of carbonyl (C=O) groups is 1. The molecular formula is C15H21ClN2OS. The van der Waals surface area contributed by atoms with E-state index in [9.17, 15) is 4.79 Å². The summed E-state index contributed by atoms with van der Waals surface area (Å²) in [5, 5.41) is 3.99. The zero-order valence-electron chi connectivity index (χ0n) is 11.9. The molecule has 2 unspecified atom stereocenters. The van der Waals surface area contributed by atoms with E-state index < -0.39 is 0 Å². The van der Waals surface area contributed by atoms with E-state index in [2.05, 4.69) is 19.2 Å². The number of rotatable bonds is 6. The quantitative estimate of drug-likeness (QED) is 0.818. The minimum Gasteiger partial charge on any atom is -0.319 e. The fraction of sp³-hybridized carbons (Fsp3) is 0.533. The van der Waals surface area contributed by atoms with Gasteiger partial charge in [0.2, 0.25) is 5.91 Å². The lowest BCUT2D eigenvalue weighted by molar-refractivity contribution is -0.130. The van der Waals surface area contributed by atoms with Crippen molar-refractivity contribution in [3.63, 3.8) is 0 Å². The fourth-order valence-corrected chi connectivity index (χ4v) is 3.51. The molecule has 0 bridgehead atoms. The molecule has 3 nitrogen and oxygen atoms in total. The molecule has 1 fully saturated rings. The molecule has 0 spiro atoms. The maximum absolute atomic E-state index is 12.1. The normalized spacial score (nSPS) is 20.4. The van der Waals surface area contributed by atoms with Crippen LogP contribution in [0.1, 0.15) is 32.0 Å². The molecule has 1 heterocycles. The lowest BCUT2D eigenvalue weighted by atomic mass is 10.1. The molecule has 1 amide bonds. The number of hydrogen-bond acceptors (Lipinski definition) is 3. The Morgan fingerprint density at radius 2 is 2.35 bits per heavy atom. The highest BCUT2D eigenvalue weighted by Gasteiger charge is 2.34. The highest BCUT2D eigenvalue weighted by Crippen LogP contribution is 2.27. The Labute approximate surface area is 130 Å². The van der Waals surface area contributed by atoms with Gasteiger partial charge in [0.05, 0.1) is 6.54 Å². The molecular weight excluding hydrogens is 292 g/mol. The summed E-state index contributed by atoms with van der Waals surface area (Å²) in [4.78, 5) is 14.1. The number of carbonyl (C=O) groups excluding carboxylic acids is 1. The van der Waals surface area contributed by atoms with Crippen molar-refractivity contribution in [3.05, 3.63) is 34.9 Å². The third kappa shape index (κ3) is 3.68. The summed E-state index contributed by atoms with van der Waals surface area (Å²) >= 11 is 7.97. The van der Waals surface area contributed by atoms with Gasteiger partial charge in [0.15, 0.2) is 0 Å². The van der Waals surface area contributed by atoms with Crippen LogP contribution in [0, 0.1) is 0 Å². The van der Waals surface area contributed by atoms with E-state index in [1.54, 1.807) is 0 Å². The van der Waals surface area contributed by atoms with E-state index in [1.807, 2.05) is 40.9 Å². The van der Waals surface area contributed by atoms with Gasteiger partial charge in [0, 0.05) is 11.1 Å². The van der Waals surface area contributed by atoms with Crippen LogP contribution in [0.15, 0.2) is 24.3 Å². The first kappa shape index (κ1) is 15.7. The van der Waals surface area contributed by atoms with Crippen LogP contribution in [0.2, 0.25) is 5.02 Å². The largest absolute Gasteiger partial charge is 0.319 e. The number of thioether (sulfide) groups is 1. The zero-order chi connectivity index (χ0) is 14.5. The van der Waals surface area contributed by atoms with E-state index in [4.69, 9.17) is 11.6 Å². The topological polar surface area (TPSA) is 32.3 Å². The first-order chi connectivity index (χ1) is 9.63. The van der Waals surface area contributed by atoms with Crippen LogP contribution < -0.4 is 5.32 Å². The third-order valence-electron chi connectivity index (χ3n) is 3.54. The van der Waals surface area contributed by atoms with Crippen molar-refractivity contribution < 1.29 is 4.79 Å². The lowest BCUT2D eigenvalue weighted by Crippen LogP contribution is -2.38. The van der Waals surface area contributed by atoms with Gasteiger partial charge < -0.3 is 4.90 Å². The smallest absolute Gasteiger partial charge is 0.238 e. The summed E-state index contributed by atoms with van der Waals surface area (Å²) in [6, 6.07) is 7.97. The predicted molar refractivity (Wildman–Crippen MR) is 86.1 cm³/mol. The Bertz CT molecular complexity index is 469. The van der Waals surface area contributed by atoms with Crippen molar-refractivity contribution in [2.75, 3.05) is 18.1 Å². The molecule has 0 aromatic heterocycles. The van der Waals surface area contributed by atoms with Crippen LogP contribution in [0.4, 0.5) is 0 Å². The van der Waals surface area contributed by atoms with Crippen LogP contribution >= 0.6 is 23.4 Å². The SMILES string of the molecule is CCSCCC(C)N1C(=O)CNC1c1cccc(Cl)c1. The number of halogens is 1. The highest BCUT2D eigenvalue weighted by molar-refractivity contribution is 7.99. The van der Waals surface area contributed by atoms with Gasteiger partial charge in [-0.1, -0.05) is 30.7 Å². The van der Waals surface area contributed by atoms with Crippen molar-refractivity contribution in [1.82, 2.24) is 10.2 Å². The molecule has 2 rings (SSSR count). The molecule has 0 radical (unpaired) electrons. The second kappa shape index (κ2) is 7.34. The zero-order valence-corrected chi connectivity index (χ0v) is 13.5. The number of nitrogens with one attached hydrogen (secondary N) is 1. The summed E-state index contributed by atoms with van der Waals surface area (Å²) in [5.41, 5.74) is 1.05. The van der Waals surface area contributed by atoms with E-state index in [0.717, 1.165) is 23.5 Å². The van der Waals surface area contributed by atoms with Crippen LogP contribution in [0.5, 0.6) is 0 Å². The van der Waals surface area contributed by atoms with Gasteiger partial charge in [-0.2, -0.15) is 11.8 Å². The standard InChI is InChI=1S/C15H21ClN2OS/c1-3-20-8-7-11(2)18-14(19)10-17-15(18)12-5-4-6-13(16)9-12/h4-6,9,11,15,17H,3,7-8,10H2,1-2H3. The van der Waals surface area contributed by atoms with Crippen molar-refractivity contribution >= 4 is 29.3 Å². The van der Waals surface area contributed by atoms with E-state index in [1.165, 1.54) is 0 Å². The van der Waals surface area contributed by atoms with Gasteiger partial charge in [-0.3, -0.25) is 10.1 Å². The van der Waals surface area contributed by atoms with Crippen LogP contribution in [0.25, 0.3) is 0 Å². The Morgan fingerprint density at radius 3 is 3.05 bits per heavy atom. The molecule has 2 atom stereocenters. The van der Waals surface area contributed by atoms with Crippen LogP contribution in [-0.2, 0) is 4.79 Å². The van der Waals surface area contributed by atoms with Crippen LogP contribution in [0.3, 0.4) is 0 Å². The summed E-state index contributed by atoms with van der Waals surface area (Å²) < 4.78 is 0. The molecule has 1 aliphatic rings. The second-order valence-electron chi connectivity index (χ2n) is 4.97. The maximum atomic E-state index is 12.1. The highest BCUT2D eigenvalue weighted by atomic mass is 35.5. The number of nitrogens with zero attached hydrogens (tertiary/aromatic N) is 1. The minimum atomic E-state index is -0.0529. The molecule has 1 saturated heterocycles. The van der Waals surface area contributed by atoms with Gasteiger partial charge in [0.25, 0.3) is 0 Å². The van der Waals surface area contributed by atoms with Crippen molar-refractivity contribution in [3.8, 4) is 0 Å². The second-order valence-corrected chi connectivity index (χ2v) is 6.80. The molecule has 1 aromatic rings. The average molecular weight is 313 g/mol. The Hall–Kier alpha value is -0.710. The summed E-state index contributed by atoms with van der Waals surface area (Å²) in [5.74, 6) is 2.38. The first-order valence-corrected chi connectivity index (χ1v) is 8.54. The Balaban J connectivity index is 2.10. The lowest BCUT2D eigenvalue weighted by Gasteiger charge is -2.30. The minimum absolute atomic E-state index is 0.0529.